The molecule has 0 aromatic heterocycles. The summed E-state index contributed by atoms with van der Waals surface area (Å²) in [5.74, 6) is 2.10. The molecule has 1 N–H and O–H groups in total. The first-order valence-electron chi connectivity index (χ1n) is 16.5. The first-order valence-corrected chi connectivity index (χ1v) is 16.5. The van der Waals surface area contributed by atoms with Crippen LogP contribution in [0.1, 0.15) is 141 Å². The van der Waals surface area contributed by atoms with Crippen LogP contribution in [0.5, 0.6) is 0 Å². The number of ether oxygens (including phenoxy) is 1. The Kier molecular flexibility index (Phi) is 28.3. The Bertz CT molecular complexity index is 867. The van der Waals surface area contributed by atoms with E-state index in [4.69, 9.17) is 4.74 Å². The van der Waals surface area contributed by atoms with Crippen LogP contribution in [0.3, 0.4) is 0 Å². The van der Waals surface area contributed by atoms with Crippen molar-refractivity contribution < 1.29 is 23.9 Å². The number of nitrogens with one attached hydrogen (secondary N) is 1. The largest absolute Gasteiger partial charge is 0.461 e. The van der Waals surface area contributed by atoms with Gasteiger partial charge in [-0.15, -0.1) is 0 Å². The predicted molar refractivity (Wildman–Crippen MR) is 183 cm³/mol. The molecule has 0 aliphatic carbocycles. The lowest BCUT2D eigenvalue weighted by atomic mass is 9.99. The van der Waals surface area contributed by atoms with Gasteiger partial charge in [-0.1, -0.05) is 95.2 Å². The molecule has 6 heteroatoms. The van der Waals surface area contributed by atoms with Crippen molar-refractivity contribution in [3.8, 4) is 0 Å². The Labute approximate surface area is 265 Å². The molecule has 0 aliphatic rings. The molecular formula is C37H67NO5. The quantitative estimate of drug-likeness (QED) is 0.189. The third-order valence-electron chi connectivity index (χ3n) is 6.17. The lowest BCUT2D eigenvalue weighted by Gasteiger charge is -2.11. The maximum Gasteiger partial charge on any atom is 0.308 e. The molecule has 0 saturated heterocycles. The van der Waals surface area contributed by atoms with Crippen LogP contribution in [0.25, 0.3) is 0 Å². The van der Waals surface area contributed by atoms with Gasteiger partial charge in [0.2, 0.25) is 0 Å². The van der Waals surface area contributed by atoms with Gasteiger partial charge in [0.25, 0.3) is 0 Å². The summed E-state index contributed by atoms with van der Waals surface area (Å²) >= 11 is 0. The van der Waals surface area contributed by atoms with Gasteiger partial charge in [0.15, 0.2) is 0 Å². The fraction of sp³-hybridized carbons (Fsp3) is 0.730. The van der Waals surface area contributed by atoms with Gasteiger partial charge in [0.1, 0.15) is 24.0 Å². The van der Waals surface area contributed by atoms with Gasteiger partial charge in [-0.3, -0.25) is 19.2 Å². The Morgan fingerprint density at radius 2 is 1.05 bits per heavy atom. The van der Waals surface area contributed by atoms with E-state index in [0.29, 0.717) is 49.5 Å². The Balaban J connectivity index is -0.000000560. The van der Waals surface area contributed by atoms with Crippen LogP contribution in [0.15, 0.2) is 24.3 Å². The third kappa shape index (κ3) is 29.4. The topological polar surface area (TPSA) is 89.5 Å². The van der Waals surface area contributed by atoms with E-state index in [1.165, 1.54) is 0 Å². The van der Waals surface area contributed by atoms with Crippen LogP contribution in [-0.2, 0) is 30.5 Å². The second-order valence-electron chi connectivity index (χ2n) is 12.9. The highest BCUT2D eigenvalue weighted by molar-refractivity contribution is 5.86. The van der Waals surface area contributed by atoms with E-state index < -0.39 is 0 Å². The van der Waals surface area contributed by atoms with Gasteiger partial charge in [0, 0.05) is 49.2 Å². The van der Waals surface area contributed by atoms with E-state index in [9.17, 15) is 19.2 Å². The summed E-state index contributed by atoms with van der Waals surface area (Å²) in [6, 6.07) is 8.35. The lowest BCUT2D eigenvalue weighted by Crippen LogP contribution is -2.11. The van der Waals surface area contributed by atoms with Crippen molar-refractivity contribution in [1.82, 2.24) is 0 Å². The fourth-order valence-electron chi connectivity index (χ4n) is 3.20. The summed E-state index contributed by atoms with van der Waals surface area (Å²) in [6.45, 7) is 28.4. The number of rotatable bonds is 16. The van der Waals surface area contributed by atoms with Crippen molar-refractivity contribution >= 4 is 29.0 Å². The number of carbonyl (C=O) groups is 4. The molecule has 1 aromatic carbocycles. The molecule has 0 heterocycles. The average Bonchev–Trinajstić information content (AvgIpc) is 2.94. The lowest BCUT2D eigenvalue weighted by molar-refractivity contribution is -0.148. The molecule has 1 rings (SSSR count). The monoisotopic (exact) mass is 606 g/mol. The van der Waals surface area contributed by atoms with E-state index in [1.807, 2.05) is 79.7 Å². The van der Waals surface area contributed by atoms with Crippen molar-refractivity contribution in [3.63, 3.8) is 0 Å². The van der Waals surface area contributed by atoms with Gasteiger partial charge < -0.3 is 10.1 Å². The highest BCUT2D eigenvalue weighted by atomic mass is 16.5. The highest BCUT2D eigenvalue weighted by Crippen LogP contribution is 2.12. The minimum absolute atomic E-state index is 0.0629. The summed E-state index contributed by atoms with van der Waals surface area (Å²) in [6.07, 6.45) is 4.22. The van der Waals surface area contributed by atoms with Crippen LogP contribution in [-0.4, -0.2) is 29.4 Å². The number of esters is 1. The minimum atomic E-state index is -0.158. The molecule has 0 saturated carbocycles. The van der Waals surface area contributed by atoms with Crippen molar-refractivity contribution in [1.29, 1.82) is 0 Å². The van der Waals surface area contributed by atoms with E-state index in [2.05, 4.69) is 46.9 Å². The smallest absolute Gasteiger partial charge is 0.308 e. The molecule has 250 valence electrons. The maximum absolute atomic E-state index is 11.3. The number of hydrogen-bond acceptors (Lipinski definition) is 6. The summed E-state index contributed by atoms with van der Waals surface area (Å²) in [5, 5.41) is 3.31. The molecule has 1 aromatic rings. The molecule has 43 heavy (non-hydrogen) atoms. The molecule has 0 fully saturated rings. The molecular weight excluding hydrogens is 538 g/mol. The summed E-state index contributed by atoms with van der Waals surface area (Å²) in [5.41, 5.74) is 2.09. The zero-order valence-corrected chi connectivity index (χ0v) is 30.3. The Hall–Kier alpha value is -2.50. The second kappa shape index (κ2) is 27.1. The molecule has 0 amide bonds. The number of benzene rings is 1. The van der Waals surface area contributed by atoms with Gasteiger partial charge in [-0.2, -0.15) is 0 Å². The standard InChI is InChI=1S/C14H21NO2.C12H22O2.C9H18O.C2H6/c1-10(2)14(16)17-9-12-5-7-13(8-6-12)15-11(3)4;1-9(2)5-6-11(13)7-8-12(14)10(3)4;1-7(2)5-6-9(10)8(3)4;1-2/h5-8,10-11,15H,9H2,1-4H3;9-10H,5-8H2,1-4H3;7-8H,5-6H2,1-4H3;1-2H3. The first-order chi connectivity index (χ1) is 20.0. The van der Waals surface area contributed by atoms with Crippen LogP contribution in [0.2, 0.25) is 0 Å². The zero-order valence-electron chi connectivity index (χ0n) is 30.3. The first kappa shape index (κ1) is 44.9. The van der Waals surface area contributed by atoms with Crippen molar-refractivity contribution in [2.45, 2.75) is 148 Å². The molecule has 0 atom stereocenters. The van der Waals surface area contributed by atoms with Crippen LogP contribution >= 0.6 is 0 Å². The fourth-order valence-corrected chi connectivity index (χ4v) is 3.20. The van der Waals surface area contributed by atoms with Crippen molar-refractivity contribution in [2.24, 2.45) is 29.6 Å². The van der Waals surface area contributed by atoms with Crippen molar-refractivity contribution in [3.05, 3.63) is 29.8 Å². The van der Waals surface area contributed by atoms with E-state index >= 15 is 0 Å². The molecule has 6 nitrogen and oxygen atoms in total. The number of hydrogen-bond donors (Lipinski definition) is 1. The minimum Gasteiger partial charge on any atom is -0.461 e. The number of Topliss-reactive ketones (excluding diaryl/α,β-unsaturated/α-hetero) is 3. The number of ketones is 3. The molecule has 0 aliphatic heterocycles. The van der Waals surface area contributed by atoms with Gasteiger partial charge in [0.05, 0.1) is 5.92 Å². The number of carbonyl (C=O) groups excluding carboxylic acids is 4. The van der Waals surface area contributed by atoms with E-state index in [-0.39, 0.29) is 35.3 Å². The second-order valence-corrected chi connectivity index (χ2v) is 12.9. The molecule has 0 unspecified atom stereocenters. The van der Waals surface area contributed by atoms with Crippen LogP contribution in [0.4, 0.5) is 5.69 Å². The van der Waals surface area contributed by atoms with Crippen LogP contribution in [0, 0.1) is 29.6 Å². The Morgan fingerprint density at radius 3 is 1.44 bits per heavy atom. The van der Waals surface area contributed by atoms with E-state index in [1.54, 1.807) is 0 Å². The van der Waals surface area contributed by atoms with Crippen molar-refractivity contribution in [2.75, 3.05) is 5.32 Å². The Morgan fingerprint density at radius 1 is 0.605 bits per heavy atom. The zero-order chi connectivity index (χ0) is 34.1. The third-order valence-corrected chi connectivity index (χ3v) is 6.17. The SMILES string of the molecule is CC.CC(C)CCC(=O)C(C)C.CC(C)CCC(=O)CCC(=O)C(C)C.CC(C)Nc1ccc(COC(=O)C(C)C)cc1. The summed E-state index contributed by atoms with van der Waals surface area (Å²) in [4.78, 5) is 44.9. The highest BCUT2D eigenvalue weighted by Gasteiger charge is 2.11. The maximum atomic E-state index is 11.3. The normalized spacial score (nSPS) is 10.5. The van der Waals surface area contributed by atoms with Gasteiger partial charge in [-0.05, 0) is 56.2 Å². The van der Waals surface area contributed by atoms with E-state index in [0.717, 1.165) is 30.5 Å². The summed E-state index contributed by atoms with van der Waals surface area (Å²) < 4.78 is 5.15. The molecule has 0 radical (unpaired) electrons. The summed E-state index contributed by atoms with van der Waals surface area (Å²) in [7, 11) is 0. The van der Waals surface area contributed by atoms with Gasteiger partial charge >= 0.3 is 5.97 Å². The predicted octanol–water partition coefficient (Wildman–Crippen LogP) is 9.88. The molecule has 0 bridgehead atoms. The van der Waals surface area contributed by atoms with Gasteiger partial charge in [-0.25, -0.2) is 0 Å². The number of anilines is 1. The average molecular weight is 606 g/mol. The molecule has 0 spiro atoms. The van der Waals surface area contributed by atoms with Crippen LogP contribution < -0.4 is 5.32 Å².